The van der Waals surface area contributed by atoms with Gasteiger partial charge >= 0.3 is 0 Å². The van der Waals surface area contributed by atoms with Crippen molar-refractivity contribution in [3.63, 3.8) is 0 Å². The summed E-state index contributed by atoms with van der Waals surface area (Å²) in [6, 6.07) is 20.2. The fourth-order valence-corrected chi connectivity index (χ4v) is 6.23. The third kappa shape index (κ3) is 6.08. The Morgan fingerprint density at radius 1 is 1.09 bits per heavy atom. The summed E-state index contributed by atoms with van der Waals surface area (Å²) in [7, 11) is 1.56. The number of amides is 2. The average molecular weight is 617 g/mol. The van der Waals surface area contributed by atoms with Crippen molar-refractivity contribution in [2.45, 2.75) is 24.2 Å². The third-order valence-corrected chi connectivity index (χ3v) is 8.56. The summed E-state index contributed by atoms with van der Waals surface area (Å²) in [5, 5.41) is 20.0. The van der Waals surface area contributed by atoms with Gasteiger partial charge in [0.05, 0.1) is 48.0 Å². The Morgan fingerprint density at radius 3 is 2.67 bits per heavy atom. The predicted molar refractivity (Wildman–Crippen MR) is 160 cm³/mol. The highest BCUT2D eigenvalue weighted by Gasteiger charge is 2.34. The zero-order valence-electron chi connectivity index (χ0n) is 22.8. The molecule has 0 saturated carbocycles. The quantitative estimate of drug-likeness (QED) is 0.207. The Bertz CT molecular complexity index is 1750. The lowest BCUT2D eigenvalue weighted by atomic mass is 10.0. The number of halogens is 1. The molecule has 0 saturated heterocycles. The van der Waals surface area contributed by atoms with Crippen molar-refractivity contribution in [2.75, 3.05) is 12.9 Å². The maximum absolute atomic E-state index is 13.7. The van der Waals surface area contributed by atoms with Gasteiger partial charge in [-0.2, -0.15) is 5.10 Å². The molecule has 10 nitrogen and oxygen atoms in total. The van der Waals surface area contributed by atoms with Gasteiger partial charge in [-0.05, 0) is 53.4 Å². The van der Waals surface area contributed by atoms with Crippen LogP contribution in [0.3, 0.4) is 0 Å². The second kappa shape index (κ2) is 12.6. The van der Waals surface area contributed by atoms with E-state index in [1.165, 1.54) is 35.2 Å². The van der Waals surface area contributed by atoms with Crippen LogP contribution in [0.5, 0.6) is 5.75 Å². The highest BCUT2D eigenvalue weighted by Crippen LogP contribution is 2.35. The van der Waals surface area contributed by atoms with Gasteiger partial charge in [-0.25, -0.2) is 9.40 Å². The molecular weight excluding hydrogens is 592 g/mol. The molecule has 2 aromatic carbocycles. The molecule has 0 fully saturated rings. The molecule has 13 heteroatoms. The van der Waals surface area contributed by atoms with E-state index in [2.05, 4.69) is 15.5 Å². The van der Waals surface area contributed by atoms with Crippen LogP contribution >= 0.6 is 23.1 Å². The van der Waals surface area contributed by atoms with Crippen molar-refractivity contribution in [2.24, 2.45) is 5.10 Å². The molecule has 0 spiro atoms. The standard InChI is InChI=1S/C30H25FN6O4S2/c1-40-24-7-3-2-6-22(24)36-27(17-32-29(39)25-8-4-14-41-25)33-34-30(36)43-18-28(38)37-23(19-10-12-20(31)13-11-19)16-21(35-37)26-9-5-15-42-26/h2-15,23H,16-18H2,1H3,(H,32,39). The number of furan rings is 1. The molecule has 1 aliphatic rings. The molecule has 5 aromatic rings. The summed E-state index contributed by atoms with van der Waals surface area (Å²) < 4.78 is 26.2. The summed E-state index contributed by atoms with van der Waals surface area (Å²) in [6.45, 7) is 0.0479. The van der Waals surface area contributed by atoms with E-state index in [1.54, 1.807) is 53.3 Å². The molecule has 1 unspecified atom stereocenters. The first-order chi connectivity index (χ1) is 21.0. The number of nitrogens with one attached hydrogen (secondary N) is 1. The van der Waals surface area contributed by atoms with Crippen LogP contribution in [0.25, 0.3) is 5.69 Å². The van der Waals surface area contributed by atoms with Gasteiger partial charge in [0.15, 0.2) is 16.7 Å². The van der Waals surface area contributed by atoms with E-state index in [1.807, 2.05) is 35.7 Å². The smallest absolute Gasteiger partial charge is 0.287 e. The van der Waals surface area contributed by atoms with Gasteiger partial charge < -0.3 is 14.5 Å². The van der Waals surface area contributed by atoms with Gasteiger partial charge in [0, 0.05) is 6.42 Å². The van der Waals surface area contributed by atoms with E-state index in [4.69, 9.17) is 14.3 Å². The van der Waals surface area contributed by atoms with Crippen molar-refractivity contribution in [3.8, 4) is 11.4 Å². The Hall–Kier alpha value is -4.75. The zero-order valence-corrected chi connectivity index (χ0v) is 24.5. The lowest BCUT2D eigenvalue weighted by molar-refractivity contribution is -0.130. The fourth-order valence-electron chi connectivity index (χ4n) is 4.69. The zero-order chi connectivity index (χ0) is 29.8. The van der Waals surface area contributed by atoms with E-state index >= 15 is 0 Å². The van der Waals surface area contributed by atoms with Crippen molar-refractivity contribution in [1.29, 1.82) is 0 Å². The summed E-state index contributed by atoms with van der Waals surface area (Å²) in [4.78, 5) is 27.2. The summed E-state index contributed by atoms with van der Waals surface area (Å²) >= 11 is 2.74. The Labute approximate surface area is 254 Å². The number of rotatable bonds is 10. The molecule has 6 rings (SSSR count). The minimum atomic E-state index is -0.399. The molecule has 0 radical (unpaired) electrons. The van der Waals surface area contributed by atoms with E-state index in [-0.39, 0.29) is 35.8 Å². The van der Waals surface area contributed by atoms with E-state index in [0.717, 1.165) is 16.2 Å². The predicted octanol–water partition coefficient (Wildman–Crippen LogP) is 5.47. The summed E-state index contributed by atoms with van der Waals surface area (Å²) in [5.41, 5.74) is 2.24. The van der Waals surface area contributed by atoms with Crippen LogP contribution in [0.1, 0.15) is 39.3 Å². The van der Waals surface area contributed by atoms with Crippen molar-refractivity contribution < 1.29 is 23.1 Å². The topological polar surface area (TPSA) is 115 Å². The van der Waals surface area contributed by atoms with E-state index < -0.39 is 5.91 Å². The Balaban J connectivity index is 1.26. The number of hydrogen-bond donors (Lipinski definition) is 1. The first-order valence-electron chi connectivity index (χ1n) is 13.2. The largest absolute Gasteiger partial charge is 0.495 e. The van der Waals surface area contributed by atoms with Crippen LogP contribution in [-0.4, -0.2) is 50.2 Å². The number of ether oxygens (including phenoxy) is 1. The van der Waals surface area contributed by atoms with E-state index in [0.29, 0.717) is 28.8 Å². The number of thiophene rings is 1. The molecular formula is C30H25FN6O4S2. The molecule has 1 atom stereocenters. The molecule has 2 amide bonds. The number of aromatic nitrogens is 3. The molecule has 4 heterocycles. The van der Waals surface area contributed by atoms with Crippen LogP contribution in [-0.2, 0) is 11.3 Å². The SMILES string of the molecule is COc1ccccc1-n1c(CNC(=O)c2ccco2)nnc1SCC(=O)N1N=C(c2cccs2)CC1c1ccc(F)cc1. The maximum atomic E-state index is 13.7. The van der Waals surface area contributed by atoms with Gasteiger partial charge in [0.1, 0.15) is 11.6 Å². The minimum absolute atomic E-state index is 0.00491. The lowest BCUT2D eigenvalue weighted by Crippen LogP contribution is -2.28. The molecule has 43 heavy (non-hydrogen) atoms. The number of methoxy groups -OCH3 is 1. The molecule has 1 aliphatic heterocycles. The van der Waals surface area contributed by atoms with E-state index in [9.17, 15) is 14.0 Å². The Morgan fingerprint density at radius 2 is 1.93 bits per heavy atom. The third-order valence-electron chi connectivity index (χ3n) is 6.73. The summed E-state index contributed by atoms with van der Waals surface area (Å²) in [5.74, 6) is 0.189. The number of nitrogens with zero attached hydrogens (tertiary/aromatic N) is 5. The summed E-state index contributed by atoms with van der Waals surface area (Å²) in [6.07, 6.45) is 1.94. The van der Waals surface area contributed by atoms with Crippen LogP contribution in [0.4, 0.5) is 4.39 Å². The van der Waals surface area contributed by atoms with Gasteiger partial charge in [0.2, 0.25) is 0 Å². The van der Waals surface area contributed by atoms with Gasteiger partial charge in [0.25, 0.3) is 11.8 Å². The molecule has 218 valence electrons. The average Bonchev–Trinajstić information content (AvgIpc) is 3.85. The number of carbonyl (C=O) groups excluding carboxylic acids is 2. The molecule has 3 aromatic heterocycles. The van der Waals surface area contributed by atoms with Gasteiger partial charge in [-0.3, -0.25) is 14.2 Å². The van der Waals surface area contributed by atoms with Crippen LogP contribution < -0.4 is 10.1 Å². The van der Waals surface area contributed by atoms with Crippen molar-refractivity contribution in [1.82, 2.24) is 25.1 Å². The fraction of sp³-hybridized carbons (Fsp3) is 0.167. The monoisotopic (exact) mass is 616 g/mol. The van der Waals surface area contributed by atoms with Crippen molar-refractivity contribution >= 4 is 40.6 Å². The first kappa shape index (κ1) is 28.4. The van der Waals surface area contributed by atoms with Crippen LogP contribution in [0, 0.1) is 5.82 Å². The number of benzene rings is 2. The molecule has 0 aliphatic carbocycles. The van der Waals surface area contributed by atoms with Crippen molar-refractivity contribution in [3.05, 3.63) is 112 Å². The van der Waals surface area contributed by atoms with Crippen LogP contribution in [0.15, 0.2) is 99.1 Å². The maximum Gasteiger partial charge on any atom is 0.287 e. The molecule has 0 bridgehead atoms. The lowest BCUT2D eigenvalue weighted by Gasteiger charge is -2.22. The highest BCUT2D eigenvalue weighted by atomic mass is 32.2. The molecule has 1 N–H and O–H groups in total. The minimum Gasteiger partial charge on any atom is -0.495 e. The number of hydrazone groups is 1. The number of thioether (sulfide) groups is 1. The number of para-hydroxylation sites is 2. The number of carbonyl (C=O) groups is 2. The highest BCUT2D eigenvalue weighted by molar-refractivity contribution is 7.99. The normalized spacial score (nSPS) is 14.5. The van der Waals surface area contributed by atoms with Gasteiger partial charge in [-0.1, -0.05) is 42.1 Å². The second-order valence-corrected chi connectivity index (χ2v) is 11.3. The Kier molecular flexibility index (Phi) is 8.34. The number of hydrogen-bond acceptors (Lipinski definition) is 9. The second-order valence-electron chi connectivity index (χ2n) is 9.39. The first-order valence-corrected chi connectivity index (χ1v) is 15.1. The van der Waals surface area contributed by atoms with Gasteiger partial charge in [-0.15, -0.1) is 21.5 Å². The van der Waals surface area contributed by atoms with Crippen LogP contribution in [0.2, 0.25) is 0 Å².